The molecule has 0 aromatic heterocycles. The molecule has 0 saturated heterocycles. The summed E-state index contributed by atoms with van der Waals surface area (Å²) in [6, 6.07) is 5.89. The Morgan fingerprint density at radius 3 is 2.83 bits per heavy atom. The van der Waals surface area contributed by atoms with Crippen LogP contribution in [0.25, 0.3) is 0 Å². The number of aliphatic hydroxyl groups excluding tert-OH is 1. The van der Waals surface area contributed by atoms with Gasteiger partial charge in [0.2, 0.25) is 0 Å². The Bertz CT molecular complexity index is 389. The minimum Gasteiger partial charge on any atom is -0.466 e. The van der Waals surface area contributed by atoms with Crippen molar-refractivity contribution in [3.8, 4) is 0 Å². The Morgan fingerprint density at radius 1 is 1.50 bits per heavy atom. The van der Waals surface area contributed by atoms with Gasteiger partial charge in [0.05, 0.1) is 19.1 Å². The fourth-order valence-electron chi connectivity index (χ4n) is 1.56. The molecular formula is C13H18BrNO3. The molecule has 100 valence electrons. The number of hydrogen-bond acceptors (Lipinski definition) is 4. The molecule has 2 N–H and O–H groups in total. The van der Waals surface area contributed by atoms with Gasteiger partial charge in [-0.2, -0.15) is 0 Å². The van der Waals surface area contributed by atoms with Gasteiger partial charge in [0.15, 0.2) is 0 Å². The van der Waals surface area contributed by atoms with E-state index in [1.807, 2.05) is 25.1 Å². The summed E-state index contributed by atoms with van der Waals surface area (Å²) < 4.78 is 5.75. The first-order valence-corrected chi connectivity index (χ1v) is 6.65. The summed E-state index contributed by atoms with van der Waals surface area (Å²) in [6.45, 7) is 4.39. The summed E-state index contributed by atoms with van der Waals surface area (Å²) >= 11 is 3.40. The molecule has 0 radical (unpaired) electrons. The number of carbonyl (C=O) groups excluding carboxylic acids is 1. The van der Waals surface area contributed by atoms with Crippen LogP contribution < -0.4 is 5.32 Å². The Hall–Kier alpha value is -1.07. The van der Waals surface area contributed by atoms with Crippen molar-refractivity contribution in [2.24, 2.45) is 0 Å². The lowest BCUT2D eigenvalue weighted by molar-refractivity contribution is -0.145. The average molecular weight is 316 g/mol. The van der Waals surface area contributed by atoms with E-state index in [-0.39, 0.29) is 12.4 Å². The Labute approximate surface area is 115 Å². The molecule has 1 unspecified atom stereocenters. The van der Waals surface area contributed by atoms with Gasteiger partial charge in [0.1, 0.15) is 0 Å². The molecule has 0 aliphatic carbocycles. The fraction of sp³-hybridized carbons (Fsp3) is 0.462. The van der Waals surface area contributed by atoms with Crippen molar-refractivity contribution in [2.75, 3.05) is 18.5 Å². The topological polar surface area (TPSA) is 58.6 Å². The molecular weight excluding hydrogens is 298 g/mol. The van der Waals surface area contributed by atoms with Gasteiger partial charge in [0, 0.05) is 16.7 Å². The van der Waals surface area contributed by atoms with Crippen LogP contribution in [0.15, 0.2) is 22.7 Å². The summed E-state index contributed by atoms with van der Waals surface area (Å²) in [5.74, 6) is -0.378. The number of hydrogen-bond donors (Lipinski definition) is 2. The van der Waals surface area contributed by atoms with Crippen LogP contribution in [0.1, 0.15) is 18.9 Å². The largest absolute Gasteiger partial charge is 0.466 e. The number of carbonyl (C=O) groups is 1. The number of aryl methyl sites for hydroxylation is 1. The minimum atomic E-state index is -0.747. The Kier molecular flexibility index (Phi) is 6.15. The highest BCUT2D eigenvalue weighted by Gasteiger charge is 2.11. The van der Waals surface area contributed by atoms with E-state index in [0.29, 0.717) is 13.2 Å². The first-order valence-electron chi connectivity index (χ1n) is 5.86. The number of esters is 1. The maximum Gasteiger partial charge on any atom is 0.308 e. The zero-order valence-corrected chi connectivity index (χ0v) is 12.2. The number of ether oxygens (including phenoxy) is 1. The molecule has 4 nitrogen and oxygen atoms in total. The first-order chi connectivity index (χ1) is 8.51. The van der Waals surface area contributed by atoms with E-state index in [1.165, 1.54) is 0 Å². The smallest absolute Gasteiger partial charge is 0.308 e. The summed E-state index contributed by atoms with van der Waals surface area (Å²) in [5, 5.41) is 12.8. The second-order valence-corrected chi connectivity index (χ2v) is 4.98. The molecule has 1 aromatic rings. The molecule has 1 atom stereocenters. The van der Waals surface area contributed by atoms with E-state index in [4.69, 9.17) is 4.74 Å². The average Bonchev–Trinajstić information content (AvgIpc) is 2.25. The lowest BCUT2D eigenvalue weighted by Crippen LogP contribution is -2.23. The van der Waals surface area contributed by atoms with Crippen LogP contribution in [0.2, 0.25) is 0 Å². The molecule has 1 rings (SSSR count). The summed E-state index contributed by atoms with van der Waals surface area (Å²) in [5.41, 5.74) is 2.02. The van der Waals surface area contributed by atoms with Crippen LogP contribution in [0.4, 0.5) is 5.69 Å². The highest BCUT2D eigenvalue weighted by atomic mass is 79.9. The van der Waals surface area contributed by atoms with Crippen molar-refractivity contribution in [3.63, 3.8) is 0 Å². The molecule has 0 amide bonds. The second-order valence-electron chi connectivity index (χ2n) is 4.06. The van der Waals surface area contributed by atoms with Crippen molar-refractivity contribution < 1.29 is 14.6 Å². The number of anilines is 1. The predicted molar refractivity (Wildman–Crippen MR) is 74.6 cm³/mol. The van der Waals surface area contributed by atoms with Crippen molar-refractivity contribution >= 4 is 27.6 Å². The minimum absolute atomic E-state index is 0.00776. The fourth-order valence-corrected chi connectivity index (χ4v) is 2.17. The van der Waals surface area contributed by atoms with Gasteiger partial charge in [-0.3, -0.25) is 4.79 Å². The number of benzene rings is 1. The maximum atomic E-state index is 11.2. The molecule has 0 aliphatic rings. The van der Waals surface area contributed by atoms with Gasteiger partial charge in [-0.1, -0.05) is 15.9 Å². The van der Waals surface area contributed by atoms with Crippen LogP contribution in [0.3, 0.4) is 0 Å². The van der Waals surface area contributed by atoms with E-state index in [1.54, 1.807) is 6.92 Å². The third-order valence-electron chi connectivity index (χ3n) is 2.29. The van der Waals surface area contributed by atoms with E-state index in [9.17, 15) is 9.90 Å². The summed E-state index contributed by atoms with van der Waals surface area (Å²) in [7, 11) is 0. The molecule has 0 aliphatic heterocycles. The predicted octanol–water partition coefficient (Wildman–Crippen LogP) is 2.48. The normalized spacial score (nSPS) is 12.0. The molecule has 0 saturated carbocycles. The first kappa shape index (κ1) is 15.0. The van der Waals surface area contributed by atoms with E-state index < -0.39 is 6.10 Å². The third kappa shape index (κ3) is 5.51. The van der Waals surface area contributed by atoms with E-state index in [0.717, 1.165) is 15.7 Å². The van der Waals surface area contributed by atoms with Crippen molar-refractivity contribution in [2.45, 2.75) is 26.4 Å². The monoisotopic (exact) mass is 315 g/mol. The number of rotatable bonds is 6. The third-order valence-corrected chi connectivity index (χ3v) is 2.75. The molecule has 0 spiro atoms. The lowest BCUT2D eigenvalue weighted by atomic mass is 10.2. The summed E-state index contributed by atoms with van der Waals surface area (Å²) in [6.07, 6.45) is -0.739. The van der Waals surface area contributed by atoms with E-state index >= 15 is 0 Å². The number of nitrogens with one attached hydrogen (secondary N) is 1. The van der Waals surface area contributed by atoms with Gasteiger partial charge in [0.25, 0.3) is 0 Å². The highest BCUT2D eigenvalue weighted by molar-refractivity contribution is 9.10. The second kappa shape index (κ2) is 7.38. The van der Waals surface area contributed by atoms with Crippen molar-refractivity contribution in [3.05, 3.63) is 28.2 Å². The van der Waals surface area contributed by atoms with Gasteiger partial charge in [-0.25, -0.2) is 0 Å². The Balaban J connectivity index is 2.42. The zero-order chi connectivity index (χ0) is 13.5. The van der Waals surface area contributed by atoms with Gasteiger partial charge in [-0.05, 0) is 37.6 Å². The summed E-state index contributed by atoms with van der Waals surface area (Å²) in [4.78, 5) is 11.2. The number of aliphatic hydroxyl groups is 1. The van der Waals surface area contributed by atoms with Crippen LogP contribution in [0, 0.1) is 6.92 Å². The SMILES string of the molecule is CCOC(=O)CC(O)CNc1cc(C)cc(Br)c1. The Morgan fingerprint density at radius 2 is 2.22 bits per heavy atom. The van der Waals surface area contributed by atoms with Crippen LogP contribution in [0.5, 0.6) is 0 Å². The zero-order valence-electron chi connectivity index (χ0n) is 10.6. The molecule has 18 heavy (non-hydrogen) atoms. The standard InChI is InChI=1S/C13H18BrNO3/c1-3-18-13(17)7-12(16)8-15-11-5-9(2)4-10(14)6-11/h4-6,12,15-16H,3,7-8H2,1-2H3. The lowest BCUT2D eigenvalue weighted by Gasteiger charge is -2.13. The van der Waals surface area contributed by atoms with Crippen molar-refractivity contribution in [1.29, 1.82) is 0 Å². The van der Waals surface area contributed by atoms with Crippen LogP contribution >= 0.6 is 15.9 Å². The van der Waals surface area contributed by atoms with Gasteiger partial charge in [-0.15, -0.1) is 0 Å². The van der Waals surface area contributed by atoms with E-state index in [2.05, 4.69) is 21.2 Å². The van der Waals surface area contributed by atoms with Crippen LogP contribution in [-0.2, 0) is 9.53 Å². The molecule has 0 bridgehead atoms. The highest BCUT2D eigenvalue weighted by Crippen LogP contribution is 2.19. The van der Waals surface area contributed by atoms with Gasteiger partial charge >= 0.3 is 5.97 Å². The molecule has 0 heterocycles. The van der Waals surface area contributed by atoms with Gasteiger partial charge < -0.3 is 15.2 Å². The maximum absolute atomic E-state index is 11.2. The number of halogens is 1. The molecule has 1 aromatic carbocycles. The van der Waals surface area contributed by atoms with Crippen molar-refractivity contribution in [1.82, 2.24) is 0 Å². The van der Waals surface area contributed by atoms with Crippen LogP contribution in [-0.4, -0.2) is 30.3 Å². The molecule has 5 heteroatoms. The quantitative estimate of drug-likeness (QED) is 0.792. The molecule has 0 fully saturated rings.